The molecule has 4 heteroatoms. The Morgan fingerprint density at radius 1 is 1.24 bits per heavy atom. The number of hydrogen-bond acceptors (Lipinski definition) is 2. The van der Waals surface area contributed by atoms with Crippen LogP contribution in [0.25, 0.3) is 0 Å². The highest BCUT2D eigenvalue weighted by Gasteiger charge is 2.37. The summed E-state index contributed by atoms with van der Waals surface area (Å²) in [5, 5.41) is 3.35. The first-order valence-electron chi connectivity index (χ1n) is 7.83. The highest BCUT2D eigenvalue weighted by atomic mass is 35.5. The van der Waals surface area contributed by atoms with Gasteiger partial charge in [-0.1, -0.05) is 30.3 Å². The maximum Gasteiger partial charge on any atom is 0.227 e. The molecule has 116 valence electrons. The van der Waals surface area contributed by atoms with Crippen LogP contribution in [-0.2, 0) is 4.79 Å². The molecule has 2 aliphatic rings. The molecule has 3 rings (SSSR count). The molecule has 0 aliphatic carbocycles. The van der Waals surface area contributed by atoms with Gasteiger partial charge in [0.15, 0.2) is 0 Å². The number of amides is 1. The predicted octanol–water partition coefficient (Wildman–Crippen LogP) is 2.81. The lowest BCUT2D eigenvalue weighted by Gasteiger charge is -2.31. The van der Waals surface area contributed by atoms with Gasteiger partial charge in [0.1, 0.15) is 0 Å². The van der Waals surface area contributed by atoms with Gasteiger partial charge in [0.2, 0.25) is 5.91 Å². The van der Waals surface area contributed by atoms with Crippen LogP contribution in [0.2, 0.25) is 0 Å². The summed E-state index contributed by atoms with van der Waals surface area (Å²) in [5.74, 6) is 1.06. The monoisotopic (exact) mass is 308 g/mol. The van der Waals surface area contributed by atoms with Crippen LogP contribution in [0, 0.1) is 5.92 Å². The zero-order valence-electron chi connectivity index (χ0n) is 12.6. The standard InChI is InChI=1S/C17H24N2O.ClH/c1-13-16(14-6-3-2-4-7-14)9-11-19(13)17(20)15-8-5-10-18-12-15;/h2-4,6-7,13,15-16,18H,5,8-12H2,1H3;1H. The van der Waals surface area contributed by atoms with Gasteiger partial charge in [-0.25, -0.2) is 0 Å². The summed E-state index contributed by atoms with van der Waals surface area (Å²) in [6, 6.07) is 11.0. The minimum atomic E-state index is 0. The third-order valence-electron chi connectivity index (χ3n) is 4.91. The van der Waals surface area contributed by atoms with Crippen molar-refractivity contribution in [3.63, 3.8) is 0 Å². The van der Waals surface area contributed by atoms with E-state index in [2.05, 4.69) is 47.5 Å². The number of rotatable bonds is 2. The van der Waals surface area contributed by atoms with Gasteiger partial charge >= 0.3 is 0 Å². The van der Waals surface area contributed by atoms with E-state index in [4.69, 9.17) is 0 Å². The second kappa shape index (κ2) is 7.28. The van der Waals surface area contributed by atoms with Crippen LogP contribution >= 0.6 is 12.4 Å². The third-order valence-corrected chi connectivity index (χ3v) is 4.91. The van der Waals surface area contributed by atoms with E-state index < -0.39 is 0 Å². The van der Waals surface area contributed by atoms with Crippen LogP contribution in [0.4, 0.5) is 0 Å². The summed E-state index contributed by atoms with van der Waals surface area (Å²) >= 11 is 0. The molecule has 21 heavy (non-hydrogen) atoms. The molecular weight excluding hydrogens is 284 g/mol. The van der Waals surface area contributed by atoms with Crippen LogP contribution in [0.3, 0.4) is 0 Å². The van der Waals surface area contributed by atoms with Crippen molar-refractivity contribution in [3.8, 4) is 0 Å². The quantitative estimate of drug-likeness (QED) is 0.911. The summed E-state index contributed by atoms with van der Waals surface area (Å²) in [6.45, 7) is 5.04. The predicted molar refractivity (Wildman–Crippen MR) is 87.8 cm³/mol. The molecule has 2 heterocycles. The van der Waals surface area contributed by atoms with E-state index >= 15 is 0 Å². The molecule has 0 aromatic heterocycles. The number of likely N-dealkylation sites (tertiary alicyclic amines) is 1. The normalized spacial score (nSPS) is 29.0. The molecule has 3 nitrogen and oxygen atoms in total. The van der Waals surface area contributed by atoms with Crippen LogP contribution in [0.15, 0.2) is 30.3 Å². The Hall–Kier alpha value is -1.06. The van der Waals surface area contributed by atoms with Crippen molar-refractivity contribution in [2.75, 3.05) is 19.6 Å². The Bertz CT molecular complexity index is 459. The Morgan fingerprint density at radius 2 is 2.00 bits per heavy atom. The van der Waals surface area contributed by atoms with Crippen molar-refractivity contribution in [1.82, 2.24) is 10.2 Å². The van der Waals surface area contributed by atoms with E-state index in [0.717, 1.165) is 38.9 Å². The van der Waals surface area contributed by atoms with E-state index in [-0.39, 0.29) is 18.3 Å². The molecule has 3 atom stereocenters. The number of nitrogens with one attached hydrogen (secondary N) is 1. The van der Waals surface area contributed by atoms with Crippen molar-refractivity contribution in [3.05, 3.63) is 35.9 Å². The largest absolute Gasteiger partial charge is 0.339 e. The first kappa shape index (κ1) is 16.3. The summed E-state index contributed by atoms with van der Waals surface area (Å²) in [6.07, 6.45) is 3.27. The van der Waals surface area contributed by atoms with Gasteiger partial charge in [-0.15, -0.1) is 12.4 Å². The molecule has 1 amide bonds. The first-order chi connectivity index (χ1) is 9.77. The number of halogens is 1. The van der Waals surface area contributed by atoms with Gasteiger partial charge in [0, 0.05) is 25.0 Å². The Kier molecular flexibility index (Phi) is 5.65. The van der Waals surface area contributed by atoms with E-state index in [0.29, 0.717) is 17.9 Å². The SMILES string of the molecule is CC1C(c2ccccc2)CCN1C(=O)C1CCCNC1.Cl. The molecule has 0 radical (unpaired) electrons. The van der Waals surface area contributed by atoms with E-state index in [1.165, 1.54) is 5.56 Å². The number of benzene rings is 1. The van der Waals surface area contributed by atoms with Gasteiger partial charge in [-0.2, -0.15) is 0 Å². The van der Waals surface area contributed by atoms with E-state index in [1.807, 2.05) is 0 Å². The van der Waals surface area contributed by atoms with Crippen LogP contribution in [-0.4, -0.2) is 36.5 Å². The van der Waals surface area contributed by atoms with E-state index in [1.54, 1.807) is 0 Å². The van der Waals surface area contributed by atoms with Crippen molar-refractivity contribution in [2.24, 2.45) is 5.92 Å². The lowest BCUT2D eigenvalue weighted by atomic mass is 9.92. The smallest absolute Gasteiger partial charge is 0.227 e. The molecule has 1 aromatic carbocycles. The molecule has 2 saturated heterocycles. The Balaban J connectivity index is 0.00000161. The average molecular weight is 309 g/mol. The average Bonchev–Trinajstić information content (AvgIpc) is 2.90. The zero-order chi connectivity index (χ0) is 13.9. The number of carbonyl (C=O) groups is 1. The number of carbonyl (C=O) groups excluding carboxylic acids is 1. The fourth-order valence-corrected chi connectivity index (χ4v) is 3.69. The lowest BCUT2D eigenvalue weighted by Crippen LogP contribution is -2.44. The highest BCUT2D eigenvalue weighted by Crippen LogP contribution is 2.34. The van der Waals surface area contributed by atoms with E-state index in [9.17, 15) is 4.79 Å². The summed E-state index contributed by atoms with van der Waals surface area (Å²) in [7, 11) is 0. The Morgan fingerprint density at radius 3 is 2.67 bits per heavy atom. The summed E-state index contributed by atoms with van der Waals surface area (Å²) in [5.41, 5.74) is 1.37. The van der Waals surface area contributed by atoms with Gasteiger partial charge < -0.3 is 10.2 Å². The van der Waals surface area contributed by atoms with Crippen LogP contribution in [0.1, 0.15) is 37.7 Å². The van der Waals surface area contributed by atoms with Crippen molar-refractivity contribution < 1.29 is 4.79 Å². The fraction of sp³-hybridized carbons (Fsp3) is 0.588. The minimum absolute atomic E-state index is 0. The molecule has 3 unspecified atom stereocenters. The van der Waals surface area contributed by atoms with Gasteiger partial charge in [-0.05, 0) is 38.3 Å². The molecule has 2 fully saturated rings. The van der Waals surface area contributed by atoms with Gasteiger partial charge in [0.05, 0.1) is 5.92 Å². The second-order valence-electron chi connectivity index (χ2n) is 6.12. The van der Waals surface area contributed by atoms with Crippen molar-refractivity contribution >= 4 is 18.3 Å². The summed E-state index contributed by atoms with van der Waals surface area (Å²) < 4.78 is 0. The van der Waals surface area contributed by atoms with Crippen molar-refractivity contribution in [2.45, 2.75) is 38.1 Å². The molecule has 1 aromatic rings. The molecule has 0 saturated carbocycles. The highest BCUT2D eigenvalue weighted by molar-refractivity contribution is 5.85. The molecule has 1 N–H and O–H groups in total. The molecule has 0 bridgehead atoms. The number of nitrogens with zero attached hydrogens (tertiary/aromatic N) is 1. The van der Waals surface area contributed by atoms with Gasteiger partial charge in [0.25, 0.3) is 0 Å². The lowest BCUT2D eigenvalue weighted by molar-refractivity contribution is -0.136. The second-order valence-corrected chi connectivity index (χ2v) is 6.12. The van der Waals surface area contributed by atoms with Crippen molar-refractivity contribution in [1.29, 1.82) is 0 Å². The van der Waals surface area contributed by atoms with Crippen LogP contribution in [0.5, 0.6) is 0 Å². The fourth-order valence-electron chi connectivity index (χ4n) is 3.69. The zero-order valence-corrected chi connectivity index (χ0v) is 13.4. The maximum atomic E-state index is 12.7. The maximum absolute atomic E-state index is 12.7. The van der Waals surface area contributed by atoms with Crippen LogP contribution < -0.4 is 5.32 Å². The number of piperidine rings is 1. The molecule has 0 spiro atoms. The third kappa shape index (κ3) is 3.41. The topological polar surface area (TPSA) is 32.3 Å². The van der Waals surface area contributed by atoms with Gasteiger partial charge in [-0.3, -0.25) is 4.79 Å². The molecular formula is C17H25ClN2O. The summed E-state index contributed by atoms with van der Waals surface area (Å²) in [4.78, 5) is 14.8. The molecule has 2 aliphatic heterocycles. The Labute approximate surface area is 133 Å². The minimum Gasteiger partial charge on any atom is -0.339 e. The first-order valence-corrected chi connectivity index (χ1v) is 7.83. The number of hydrogen-bond donors (Lipinski definition) is 1.